The van der Waals surface area contributed by atoms with E-state index < -0.39 is 47.6 Å². The van der Waals surface area contributed by atoms with Gasteiger partial charge in [-0.05, 0) is 24.6 Å². The molecule has 0 heterocycles. The van der Waals surface area contributed by atoms with Crippen molar-refractivity contribution in [1.29, 1.82) is 5.26 Å². The van der Waals surface area contributed by atoms with Crippen molar-refractivity contribution in [3.05, 3.63) is 28.8 Å². The molecule has 0 aromatic heterocycles. The number of esters is 1. The van der Waals surface area contributed by atoms with Crippen LogP contribution in [0.5, 0.6) is 5.75 Å². The largest absolute Gasteiger partial charge is 0.466 e. The van der Waals surface area contributed by atoms with Crippen molar-refractivity contribution in [2.75, 3.05) is 6.61 Å². The summed E-state index contributed by atoms with van der Waals surface area (Å²) in [4.78, 5) is 11.4. The number of benzene rings is 1. The van der Waals surface area contributed by atoms with Gasteiger partial charge in [-0.1, -0.05) is 0 Å². The fraction of sp³-hybridized carbons (Fsp3) is 0.385. The Balaban J connectivity index is 3.38. The molecule has 1 aromatic rings. The maximum Gasteiger partial charge on any atom is 0.416 e. The van der Waals surface area contributed by atoms with Crippen LogP contribution in [-0.4, -0.2) is 19.2 Å². The molecule has 0 unspecified atom stereocenters. The monoisotopic (exact) mass is 323 g/mol. The molecule has 0 aliphatic rings. The number of carbonyl (C=O) groups is 1. The second-order valence-electron chi connectivity index (χ2n) is 3.98. The topological polar surface area (TPSA) is 59.3 Å². The SMILES string of the molecule is CCOC(=O)Cc1cc(C(F)(F)F)cc(OC(F)F)c1C#N. The Morgan fingerprint density at radius 1 is 1.36 bits per heavy atom. The van der Waals surface area contributed by atoms with E-state index in [1.54, 1.807) is 0 Å². The van der Waals surface area contributed by atoms with Crippen molar-refractivity contribution < 1.29 is 36.2 Å². The summed E-state index contributed by atoms with van der Waals surface area (Å²) >= 11 is 0. The van der Waals surface area contributed by atoms with Crippen molar-refractivity contribution in [2.24, 2.45) is 0 Å². The average Bonchev–Trinajstić information content (AvgIpc) is 2.36. The lowest BCUT2D eigenvalue weighted by Crippen LogP contribution is -2.14. The molecular weight excluding hydrogens is 313 g/mol. The number of carbonyl (C=O) groups excluding carboxylic acids is 1. The fourth-order valence-corrected chi connectivity index (χ4v) is 1.66. The number of alkyl halides is 5. The van der Waals surface area contributed by atoms with E-state index >= 15 is 0 Å². The van der Waals surface area contributed by atoms with E-state index in [-0.39, 0.29) is 6.61 Å². The molecule has 1 aromatic carbocycles. The standard InChI is InChI=1S/C13H10F5NO3/c1-2-21-11(20)4-7-3-8(13(16,17)18)5-10(9(7)6-19)22-12(14)15/h3,5,12H,2,4H2,1H3. The van der Waals surface area contributed by atoms with Crippen LogP contribution in [-0.2, 0) is 22.1 Å². The first-order valence-corrected chi connectivity index (χ1v) is 5.93. The van der Waals surface area contributed by atoms with Crippen molar-refractivity contribution in [1.82, 2.24) is 0 Å². The molecule has 0 aliphatic heterocycles. The van der Waals surface area contributed by atoms with Gasteiger partial charge in [-0.2, -0.15) is 27.2 Å². The van der Waals surface area contributed by atoms with Crippen LogP contribution in [0.25, 0.3) is 0 Å². The lowest BCUT2D eigenvalue weighted by atomic mass is 10.0. The highest BCUT2D eigenvalue weighted by Crippen LogP contribution is 2.35. The predicted octanol–water partition coefficient (Wildman–Crippen LogP) is 3.28. The number of hydrogen-bond donors (Lipinski definition) is 0. The smallest absolute Gasteiger partial charge is 0.416 e. The first kappa shape index (κ1) is 17.7. The summed E-state index contributed by atoms with van der Waals surface area (Å²) < 4.78 is 71.4. The van der Waals surface area contributed by atoms with Crippen LogP contribution in [0.4, 0.5) is 22.0 Å². The van der Waals surface area contributed by atoms with Crippen LogP contribution < -0.4 is 4.74 Å². The van der Waals surface area contributed by atoms with Gasteiger partial charge in [0.15, 0.2) is 0 Å². The third kappa shape index (κ3) is 4.58. The summed E-state index contributed by atoms with van der Waals surface area (Å²) in [6.45, 7) is -1.94. The van der Waals surface area contributed by atoms with Crippen LogP contribution in [0.15, 0.2) is 12.1 Å². The Labute approximate surface area is 122 Å². The minimum atomic E-state index is -4.85. The van der Waals surface area contributed by atoms with Crippen molar-refractivity contribution in [3.8, 4) is 11.8 Å². The van der Waals surface area contributed by atoms with E-state index in [9.17, 15) is 26.7 Å². The van der Waals surface area contributed by atoms with Gasteiger partial charge in [0.25, 0.3) is 0 Å². The third-order valence-corrected chi connectivity index (χ3v) is 2.48. The van der Waals surface area contributed by atoms with Crippen LogP contribution in [0.1, 0.15) is 23.6 Å². The highest BCUT2D eigenvalue weighted by atomic mass is 19.4. The molecule has 0 spiro atoms. The molecule has 0 N–H and O–H groups in total. The first-order chi connectivity index (χ1) is 10.2. The maximum atomic E-state index is 12.8. The Morgan fingerprint density at radius 3 is 2.45 bits per heavy atom. The molecule has 1 rings (SSSR count). The molecule has 4 nitrogen and oxygen atoms in total. The minimum absolute atomic E-state index is 0.0138. The van der Waals surface area contributed by atoms with Gasteiger partial charge >= 0.3 is 18.8 Å². The summed E-state index contributed by atoms with van der Waals surface area (Å²) in [7, 11) is 0. The highest BCUT2D eigenvalue weighted by molar-refractivity contribution is 5.74. The van der Waals surface area contributed by atoms with Crippen LogP contribution in [0.3, 0.4) is 0 Å². The van der Waals surface area contributed by atoms with Gasteiger partial charge in [-0.3, -0.25) is 4.79 Å². The van der Waals surface area contributed by atoms with E-state index in [1.807, 2.05) is 0 Å². The number of halogens is 5. The third-order valence-electron chi connectivity index (χ3n) is 2.48. The van der Waals surface area contributed by atoms with Crippen LogP contribution >= 0.6 is 0 Å². The average molecular weight is 323 g/mol. The number of hydrogen-bond acceptors (Lipinski definition) is 4. The van der Waals surface area contributed by atoms with E-state index in [1.165, 1.54) is 13.0 Å². The van der Waals surface area contributed by atoms with Gasteiger partial charge in [0.2, 0.25) is 0 Å². The molecule has 0 bridgehead atoms. The Morgan fingerprint density at radius 2 is 2.00 bits per heavy atom. The Bertz CT molecular complexity index is 593. The molecule has 0 saturated carbocycles. The van der Waals surface area contributed by atoms with Crippen molar-refractivity contribution >= 4 is 5.97 Å². The summed E-state index contributed by atoms with van der Waals surface area (Å²) in [5.74, 6) is -1.83. The summed E-state index contributed by atoms with van der Waals surface area (Å²) in [5, 5.41) is 8.94. The van der Waals surface area contributed by atoms with Gasteiger partial charge in [-0.15, -0.1) is 0 Å². The molecule has 22 heavy (non-hydrogen) atoms. The molecule has 0 saturated heterocycles. The molecule has 120 valence electrons. The van der Waals surface area contributed by atoms with E-state index in [2.05, 4.69) is 9.47 Å². The van der Waals surface area contributed by atoms with E-state index in [0.717, 1.165) is 0 Å². The molecule has 9 heteroatoms. The van der Waals surface area contributed by atoms with Crippen LogP contribution in [0, 0.1) is 11.3 Å². The summed E-state index contributed by atoms with van der Waals surface area (Å²) in [6.07, 6.45) is -5.52. The van der Waals surface area contributed by atoms with Gasteiger partial charge < -0.3 is 9.47 Å². The highest BCUT2D eigenvalue weighted by Gasteiger charge is 2.33. The zero-order chi connectivity index (χ0) is 16.9. The molecule has 0 radical (unpaired) electrons. The summed E-state index contributed by atoms with van der Waals surface area (Å²) in [6, 6.07) is 2.29. The number of ether oxygens (including phenoxy) is 2. The molecule has 0 amide bonds. The normalized spacial score (nSPS) is 11.2. The lowest BCUT2D eigenvalue weighted by Gasteiger charge is -2.14. The maximum absolute atomic E-state index is 12.8. The quantitative estimate of drug-likeness (QED) is 0.616. The van der Waals surface area contributed by atoms with E-state index in [0.29, 0.717) is 12.1 Å². The first-order valence-electron chi connectivity index (χ1n) is 5.93. The number of nitrogens with zero attached hydrogens (tertiary/aromatic N) is 1. The molecule has 0 aliphatic carbocycles. The fourth-order valence-electron chi connectivity index (χ4n) is 1.66. The molecule has 0 atom stereocenters. The van der Waals surface area contributed by atoms with Gasteiger partial charge in [-0.25, -0.2) is 0 Å². The van der Waals surface area contributed by atoms with Gasteiger partial charge in [0.05, 0.1) is 24.2 Å². The predicted molar refractivity (Wildman–Crippen MR) is 63.1 cm³/mol. The summed E-state index contributed by atoms with van der Waals surface area (Å²) in [5.41, 5.74) is -2.27. The zero-order valence-electron chi connectivity index (χ0n) is 11.2. The lowest BCUT2D eigenvalue weighted by molar-refractivity contribution is -0.142. The minimum Gasteiger partial charge on any atom is -0.466 e. The number of rotatable bonds is 5. The van der Waals surface area contributed by atoms with Gasteiger partial charge in [0.1, 0.15) is 11.8 Å². The Hall–Kier alpha value is -2.37. The van der Waals surface area contributed by atoms with Crippen molar-refractivity contribution in [2.45, 2.75) is 26.1 Å². The second kappa shape index (κ2) is 7.06. The van der Waals surface area contributed by atoms with Crippen LogP contribution in [0.2, 0.25) is 0 Å². The molecule has 0 fully saturated rings. The van der Waals surface area contributed by atoms with E-state index in [4.69, 9.17) is 5.26 Å². The molecular formula is C13H10F5NO3. The van der Waals surface area contributed by atoms with Crippen molar-refractivity contribution in [3.63, 3.8) is 0 Å². The van der Waals surface area contributed by atoms with Gasteiger partial charge in [0, 0.05) is 0 Å². The second-order valence-corrected chi connectivity index (χ2v) is 3.98. The zero-order valence-corrected chi connectivity index (χ0v) is 11.2. The number of nitriles is 1. The Kier molecular flexibility index (Phi) is 5.68.